The number of benzene rings is 2. The monoisotopic (exact) mass is 415 g/mol. The molecular weight excluding hydrogens is 393 g/mol. The average molecular weight is 415 g/mol. The number of rotatable bonds is 7. The van der Waals surface area contributed by atoms with Crippen LogP contribution in [0.15, 0.2) is 42.5 Å². The van der Waals surface area contributed by atoms with Crippen molar-refractivity contribution in [2.45, 2.75) is 18.9 Å². The summed E-state index contributed by atoms with van der Waals surface area (Å²) in [5, 5.41) is 5.28. The summed E-state index contributed by atoms with van der Waals surface area (Å²) in [4.78, 5) is 39.0. The third-order valence-corrected chi connectivity index (χ3v) is 5.03. The number of ether oxygens (including phenoxy) is 2. The lowest BCUT2D eigenvalue weighted by molar-refractivity contribution is -0.134. The van der Waals surface area contributed by atoms with E-state index in [0.29, 0.717) is 22.7 Å². The van der Waals surface area contributed by atoms with Crippen LogP contribution in [0.4, 0.5) is 14.9 Å². The van der Waals surface area contributed by atoms with Gasteiger partial charge in [0.2, 0.25) is 5.91 Å². The molecule has 2 aromatic carbocycles. The zero-order chi connectivity index (χ0) is 21.9. The first-order chi connectivity index (χ1) is 14.3. The van der Waals surface area contributed by atoms with Gasteiger partial charge in [-0.05, 0) is 36.2 Å². The highest BCUT2D eigenvalue weighted by Gasteiger charge is 2.51. The predicted molar refractivity (Wildman–Crippen MR) is 107 cm³/mol. The molecule has 158 valence electrons. The molecule has 0 saturated carbocycles. The topological polar surface area (TPSA) is 97.0 Å². The highest BCUT2D eigenvalue weighted by atomic mass is 19.1. The number of carbonyl (C=O) groups is 3. The van der Waals surface area contributed by atoms with Crippen molar-refractivity contribution in [3.63, 3.8) is 0 Å². The van der Waals surface area contributed by atoms with Crippen LogP contribution in [0.2, 0.25) is 0 Å². The van der Waals surface area contributed by atoms with Crippen molar-refractivity contribution in [2.24, 2.45) is 0 Å². The van der Waals surface area contributed by atoms with Gasteiger partial charge in [0.1, 0.15) is 29.4 Å². The van der Waals surface area contributed by atoms with Gasteiger partial charge in [-0.25, -0.2) is 9.18 Å². The lowest BCUT2D eigenvalue weighted by atomic mass is 9.87. The number of hydrogen-bond acceptors (Lipinski definition) is 5. The molecule has 0 unspecified atom stereocenters. The van der Waals surface area contributed by atoms with Crippen LogP contribution in [-0.2, 0) is 15.1 Å². The number of amides is 4. The summed E-state index contributed by atoms with van der Waals surface area (Å²) >= 11 is 0. The Morgan fingerprint density at radius 3 is 2.43 bits per heavy atom. The van der Waals surface area contributed by atoms with Crippen molar-refractivity contribution in [3.05, 3.63) is 53.8 Å². The summed E-state index contributed by atoms with van der Waals surface area (Å²) in [6.45, 7) is 1.24. The van der Waals surface area contributed by atoms with Gasteiger partial charge in [-0.3, -0.25) is 14.5 Å². The van der Waals surface area contributed by atoms with E-state index in [9.17, 15) is 18.8 Å². The Balaban J connectivity index is 1.80. The zero-order valence-corrected chi connectivity index (χ0v) is 16.8. The molecule has 0 aliphatic carbocycles. The number of nitrogens with zero attached hydrogens (tertiary/aromatic N) is 1. The molecule has 3 rings (SSSR count). The first-order valence-corrected chi connectivity index (χ1v) is 9.26. The van der Waals surface area contributed by atoms with Crippen LogP contribution in [0.1, 0.15) is 18.9 Å². The molecule has 1 heterocycles. The van der Waals surface area contributed by atoms with E-state index in [-0.39, 0.29) is 6.42 Å². The first kappa shape index (κ1) is 21.1. The smallest absolute Gasteiger partial charge is 0.325 e. The molecular formula is C21H22FN3O5. The van der Waals surface area contributed by atoms with Crippen LogP contribution in [-0.4, -0.2) is 43.5 Å². The lowest BCUT2D eigenvalue weighted by Crippen LogP contribution is -2.44. The van der Waals surface area contributed by atoms with E-state index in [1.807, 2.05) is 0 Å². The minimum Gasteiger partial charge on any atom is -0.497 e. The maximum Gasteiger partial charge on any atom is 0.325 e. The summed E-state index contributed by atoms with van der Waals surface area (Å²) in [6, 6.07) is 9.50. The van der Waals surface area contributed by atoms with Gasteiger partial charge in [-0.1, -0.05) is 19.1 Å². The highest BCUT2D eigenvalue weighted by Crippen LogP contribution is 2.33. The van der Waals surface area contributed by atoms with Crippen molar-refractivity contribution in [3.8, 4) is 11.5 Å². The van der Waals surface area contributed by atoms with E-state index >= 15 is 0 Å². The minimum absolute atomic E-state index is 0.241. The van der Waals surface area contributed by atoms with Gasteiger partial charge in [0.25, 0.3) is 5.91 Å². The van der Waals surface area contributed by atoms with Gasteiger partial charge in [0.05, 0.1) is 19.9 Å². The molecule has 1 atom stereocenters. The van der Waals surface area contributed by atoms with Crippen molar-refractivity contribution >= 4 is 23.5 Å². The van der Waals surface area contributed by atoms with Gasteiger partial charge < -0.3 is 20.1 Å². The Bertz CT molecular complexity index is 979. The molecule has 2 N–H and O–H groups in total. The van der Waals surface area contributed by atoms with Gasteiger partial charge in [-0.2, -0.15) is 0 Å². The molecule has 0 aromatic heterocycles. The second kappa shape index (κ2) is 8.40. The molecule has 8 nitrogen and oxygen atoms in total. The summed E-state index contributed by atoms with van der Waals surface area (Å²) in [6.07, 6.45) is 0.241. The third-order valence-electron chi connectivity index (χ3n) is 5.03. The largest absolute Gasteiger partial charge is 0.497 e. The fourth-order valence-corrected chi connectivity index (χ4v) is 3.39. The molecule has 1 aliphatic rings. The van der Waals surface area contributed by atoms with Crippen LogP contribution in [0.25, 0.3) is 0 Å². The van der Waals surface area contributed by atoms with Crippen molar-refractivity contribution < 1.29 is 28.2 Å². The fourth-order valence-electron chi connectivity index (χ4n) is 3.39. The standard InChI is InChI=1S/C21H22FN3O5/c1-4-21(13-5-7-14(22)8-6-13)19(27)25(20(28)24-21)12-18(26)23-16-11-15(29-2)9-10-17(16)30-3/h5-11H,4,12H2,1-3H3,(H,23,26)(H,24,28)/t21-/m1/s1. The SMILES string of the molecule is CC[C@]1(c2ccc(F)cc2)NC(=O)N(CC(=O)Nc2cc(OC)ccc2OC)C1=O. The van der Waals surface area contributed by atoms with Crippen LogP contribution in [0.5, 0.6) is 11.5 Å². The number of hydrogen-bond donors (Lipinski definition) is 2. The van der Waals surface area contributed by atoms with Crippen LogP contribution >= 0.6 is 0 Å². The molecule has 0 radical (unpaired) electrons. The average Bonchev–Trinajstić information content (AvgIpc) is 2.99. The molecule has 0 spiro atoms. The number of urea groups is 1. The Hall–Kier alpha value is -3.62. The number of halogens is 1. The van der Waals surface area contributed by atoms with E-state index in [1.54, 1.807) is 25.1 Å². The Morgan fingerprint density at radius 2 is 1.83 bits per heavy atom. The van der Waals surface area contributed by atoms with Crippen LogP contribution in [0.3, 0.4) is 0 Å². The Morgan fingerprint density at radius 1 is 1.13 bits per heavy atom. The number of anilines is 1. The summed E-state index contributed by atoms with van der Waals surface area (Å²) in [7, 11) is 2.94. The molecule has 1 saturated heterocycles. The predicted octanol–water partition coefficient (Wildman–Crippen LogP) is 2.64. The van der Waals surface area contributed by atoms with Crippen molar-refractivity contribution in [1.82, 2.24) is 10.2 Å². The van der Waals surface area contributed by atoms with E-state index in [0.717, 1.165) is 4.90 Å². The van der Waals surface area contributed by atoms with E-state index in [1.165, 1.54) is 38.5 Å². The molecule has 9 heteroatoms. The maximum atomic E-state index is 13.3. The van der Waals surface area contributed by atoms with Crippen LogP contribution in [0, 0.1) is 5.82 Å². The molecule has 4 amide bonds. The lowest BCUT2D eigenvalue weighted by Gasteiger charge is -2.25. The molecule has 30 heavy (non-hydrogen) atoms. The number of methoxy groups -OCH3 is 2. The van der Waals surface area contributed by atoms with Gasteiger partial charge >= 0.3 is 6.03 Å². The van der Waals surface area contributed by atoms with E-state index < -0.39 is 35.7 Å². The van der Waals surface area contributed by atoms with Crippen LogP contribution < -0.4 is 20.1 Å². The Kier molecular flexibility index (Phi) is 5.91. The molecule has 0 bridgehead atoms. The minimum atomic E-state index is -1.35. The zero-order valence-electron chi connectivity index (χ0n) is 16.8. The molecule has 1 aliphatic heterocycles. The second-order valence-corrected chi connectivity index (χ2v) is 6.70. The highest BCUT2D eigenvalue weighted by molar-refractivity contribution is 6.10. The van der Waals surface area contributed by atoms with Crippen molar-refractivity contribution in [2.75, 3.05) is 26.1 Å². The quantitative estimate of drug-likeness (QED) is 0.678. The number of imide groups is 1. The third kappa shape index (κ3) is 3.78. The van der Waals surface area contributed by atoms with E-state index in [2.05, 4.69) is 10.6 Å². The molecule has 1 fully saturated rings. The summed E-state index contributed by atoms with van der Waals surface area (Å²) < 4.78 is 23.6. The van der Waals surface area contributed by atoms with Gasteiger partial charge in [-0.15, -0.1) is 0 Å². The molecule has 2 aromatic rings. The second-order valence-electron chi connectivity index (χ2n) is 6.70. The number of carbonyl (C=O) groups excluding carboxylic acids is 3. The summed E-state index contributed by atoms with van der Waals surface area (Å²) in [5.74, 6) is -0.714. The first-order valence-electron chi connectivity index (χ1n) is 9.26. The van der Waals surface area contributed by atoms with Crippen molar-refractivity contribution in [1.29, 1.82) is 0 Å². The fraction of sp³-hybridized carbons (Fsp3) is 0.286. The number of nitrogens with one attached hydrogen (secondary N) is 2. The Labute approximate surface area is 173 Å². The maximum absolute atomic E-state index is 13.3. The van der Waals surface area contributed by atoms with Gasteiger partial charge in [0, 0.05) is 6.07 Å². The normalized spacial score (nSPS) is 18.2. The summed E-state index contributed by atoms with van der Waals surface area (Å²) in [5.41, 5.74) is -0.560. The van der Waals surface area contributed by atoms with E-state index in [4.69, 9.17) is 9.47 Å². The van der Waals surface area contributed by atoms with Gasteiger partial charge in [0.15, 0.2) is 0 Å².